The molecule has 7 heteroatoms. The summed E-state index contributed by atoms with van der Waals surface area (Å²) >= 11 is 0. The van der Waals surface area contributed by atoms with Gasteiger partial charge in [-0.1, -0.05) is 12.3 Å². The van der Waals surface area contributed by atoms with Crippen LogP contribution in [0.2, 0.25) is 0 Å². The topological polar surface area (TPSA) is 55.8 Å². The number of amides is 1. The number of nitrogens with zero attached hydrogens (tertiary/aromatic N) is 1. The van der Waals surface area contributed by atoms with E-state index >= 15 is 0 Å². The first kappa shape index (κ1) is 19.7. The summed E-state index contributed by atoms with van der Waals surface area (Å²) in [4.78, 5) is 25.6. The molecule has 0 aliphatic heterocycles. The molecule has 0 heterocycles. The van der Waals surface area contributed by atoms with Gasteiger partial charge >= 0.3 is 5.97 Å². The van der Waals surface area contributed by atoms with Gasteiger partial charge in [0.05, 0.1) is 0 Å². The number of halogens is 2. The van der Waals surface area contributed by atoms with Crippen LogP contribution in [0.5, 0.6) is 5.75 Å². The van der Waals surface area contributed by atoms with Crippen LogP contribution in [0.4, 0.5) is 8.78 Å². The lowest BCUT2D eigenvalue weighted by atomic mass is 9.90. The fourth-order valence-electron chi connectivity index (χ4n) is 3.19. The van der Waals surface area contributed by atoms with Crippen LogP contribution in [0.1, 0.15) is 49.4 Å². The average Bonchev–Trinajstić information content (AvgIpc) is 2.60. The van der Waals surface area contributed by atoms with Gasteiger partial charge in [0.25, 0.3) is 5.91 Å². The maximum atomic E-state index is 14.1. The van der Waals surface area contributed by atoms with Gasteiger partial charge in [-0.3, -0.25) is 9.59 Å². The molecule has 26 heavy (non-hydrogen) atoms. The van der Waals surface area contributed by atoms with E-state index in [-0.39, 0.29) is 12.2 Å². The molecule has 0 N–H and O–H groups in total. The number of benzene rings is 1. The summed E-state index contributed by atoms with van der Waals surface area (Å²) in [6, 6.07) is 1.77. The normalized spacial score (nSPS) is 15.7. The first-order valence-corrected chi connectivity index (χ1v) is 8.34. The lowest BCUT2D eigenvalue weighted by molar-refractivity contribution is -0.180. The zero-order valence-electron chi connectivity index (χ0n) is 14.8. The van der Waals surface area contributed by atoms with Gasteiger partial charge in [-0.05, 0) is 25.0 Å². The van der Waals surface area contributed by atoms with Crippen molar-refractivity contribution >= 4 is 11.9 Å². The van der Waals surface area contributed by atoms with Gasteiger partial charge in [0, 0.05) is 32.4 Å². The number of hydrogen-bond acceptors (Lipinski definition) is 4. The van der Waals surface area contributed by atoms with E-state index in [0.29, 0.717) is 12.8 Å². The van der Waals surface area contributed by atoms with Crippen molar-refractivity contribution in [1.82, 2.24) is 4.90 Å². The van der Waals surface area contributed by atoms with Gasteiger partial charge in [0.15, 0.2) is 23.1 Å². The van der Waals surface area contributed by atoms with Gasteiger partial charge in [-0.25, -0.2) is 8.78 Å². The van der Waals surface area contributed by atoms with Crippen LogP contribution in [0, 0.1) is 24.0 Å². The van der Waals surface area contributed by atoms with E-state index in [1.54, 1.807) is 0 Å². The number of esters is 1. The summed E-state index contributed by atoms with van der Waals surface area (Å²) in [5, 5.41) is 0. The maximum absolute atomic E-state index is 14.1. The zero-order valence-corrected chi connectivity index (χ0v) is 14.8. The van der Waals surface area contributed by atoms with Crippen LogP contribution in [-0.4, -0.2) is 36.2 Å². The van der Waals surface area contributed by atoms with Gasteiger partial charge in [0.1, 0.15) is 6.61 Å². The third-order valence-corrected chi connectivity index (χ3v) is 4.43. The lowest BCUT2D eigenvalue weighted by Gasteiger charge is -2.43. The predicted octanol–water partition coefficient (Wildman–Crippen LogP) is 3.27. The molecule has 0 spiro atoms. The molecule has 1 aromatic carbocycles. The Kier molecular flexibility index (Phi) is 6.19. The molecule has 1 amide bonds. The van der Waals surface area contributed by atoms with Gasteiger partial charge in [0.2, 0.25) is 0 Å². The molecule has 0 bridgehead atoms. The molecule has 1 aromatic rings. The molecule has 0 unspecified atom stereocenters. The van der Waals surface area contributed by atoms with Crippen LogP contribution in [0.3, 0.4) is 0 Å². The van der Waals surface area contributed by atoms with Crippen molar-refractivity contribution in [3.63, 3.8) is 0 Å². The summed E-state index contributed by atoms with van der Waals surface area (Å²) in [6.07, 6.45) is 8.50. The van der Waals surface area contributed by atoms with Crippen molar-refractivity contribution in [2.75, 3.05) is 13.7 Å². The molecule has 2 rings (SSSR count). The Morgan fingerprint density at radius 2 is 1.81 bits per heavy atom. The van der Waals surface area contributed by atoms with Crippen LogP contribution >= 0.6 is 0 Å². The van der Waals surface area contributed by atoms with E-state index in [0.717, 1.165) is 31.4 Å². The molecule has 1 aliphatic carbocycles. The number of hydrogen-bond donors (Lipinski definition) is 0. The maximum Gasteiger partial charge on any atom is 0.304 e. The first-order chi connectivity index (χ1) is 12.3. The third-order valence-electron chi connectivity index (χ3n) is 4.43. The number of carbonyl (C=O) groups excluding carboxylic acids is 2. The van der Waals surface area contributed by atoms with Crippen molar-refractivity contribution in [3.8, 4) is 18.1 Å². The Hall–Kier alpha value is -2.62. The largest absolute Gasteiger partial charge is 0.475 e. The Balaban J connectivity index is 2.31. The lowest BCUT2D eigenvalue weighted by Crippen LogP contribution is -2.53. The molecule has 1 saturated carbocycles. The summed E-state index contributed by atoms with van der Waals surface area (Å²) < 4.78 is 38.5. The minimum atomic E-state index is -1.10. The monoisotopic (exact) mass is 365 g/mol. The Morgan fingerprint density at radius 3 is 2.31 bits per heavy atom. The molecule has 0 atom stereocenters. The summed E-state index contributed by atoms with van der Waals surface area (Å²) in [5.74, 6) is -1.72. The minimum absolute atomic E-state index is 0.201. The highest BCUT2D eigenvalue weighted by Gasteiger charge is 2.42. The Morgan fingerprint density at radius 1 is 1.23 bits per heavy atom. The highest BCUT2D eigenvalue weighted by Crippen LogP contribution is 2.35. The number of rotatable bonds is 5. The second-order valence-corrected chi connectivity index (χ2v) is 6.23. The summed E-state index contributed by atoms with van der Waals surface area (Å²) in [5.41, 5.74) is -1.31. The second kappa shape index (κ2) is 8.17. The summed E-state index contributed by atoms with van der Waals surface area (Å²) in [7, 11) is 1.47. The highest BCUT2D eigenvalue weighted by atomic mass is 19.1. The average molecular weight is 365 g/mol. The SMILES string of the molecule is C#CCOc1c(F)cc(C(=O)N(C)C2(OC(C)=O)CCCCC2)cc1F. The van der Waals surface area contributed by atoms with Crippen LogP contribution in [0.15, 0.2) is 12.1 Å². The molecular formula is C19H21F2NO4. The fourth-order valence-corrected chi connectivity index (χ4v) is 3.19. The van der Waals surface area contributed by atoms with E-state index in [4.69, 9.17) is 15.9 Å². The zero-order chi connectivity index (χ0) is 19.3. The molecule has 0 saturated heterocycles. The van der Waals surface area contributed by atoms with E-state index < -0.39 is 35.0 Å². The fraction of sp³-hybridized carbons (Fsp3) is 0.474. The molecule has 0 radical (unpaired) electrons. The molecule has 1 fully saturated rings. The summed E-state index contributed by atoms with van der Waals surface area (Å²) in [6.45, 7) is 0.974. The first-order valence-electron chi connectivity index (χ1n) is 8.34. The van der Waals surface area contributed by atoms with Gasteiger partial charge in [-0.15, -0.1) is 6.42 Å². The molecule has 1 aliphatic rings. The van der Waals surface area contributed by atoms with Crippen LogP contribution < -0.4 is 4.74 Å². The Bertz CT molecular complexity index is 713. The third kappa shape index (κ3) is 4.13. The van der Waals surface area contributed by atoms with Crippen molar-refractivity contribution in [3.05, 3.63) is 29.3 Å². The standard InChI is InChI=1S/C19H21F2NO4/c1-4-10-25-17-15(20)11-14(12-16(17)21)18(24)22(3)19(26-13(2)23)8-6-5-7-9-19/h1,11-12H,5-10H2,2-3H3. The van der Waals surface area contributed by atoms with Crippen molar-refractivity contribution in [1.29, 1.82) is 0 Å². The molecule has 140 valence electrons. The van der Waals surface area contributed by atoms with Crippen molar-refractivity contribution < 1.29 is 27.8 Å². The van der Waals surface area contributed by atoms with Gasteiger partial charge in [-0.2, -0.15) is 0 Å². The number of carbonyl (C=O) groups is 2. The number of terminal acetylenes is 1. The smallest absolute Gasteiger partial charge is 0.304 e. The van der Waals surface area contributed by atoms with Crippen LogP contribution in [0.25, 0.3) is 0 Å². The molecular weight excluding hydrogens is 344 g/mol. The van der Waals surface area contributed by atoms with E-state index in [9.17, 15) is 18.4 Å². The van der Waals surface area contributed by atoms with E-state index in [1.807, 2.05) is 0 Å². The van der Waals surface area contributed by atoms with E-state index in [2.05, 4.69) is 5.92 Å². The minimum Gasteiger partial charge on any atom is -0.475 e. The van der Waals surface area contributed by atoms with Gasteiger partial charge < -0.3 is 14.4 Å². The quantitative estimate of drug-likeness (QED) is 0.457. The number of ether oxygens (including phenoxy) is 2. The van der Waals surface area contributed by atoms with E-state index in [1.165, 1.54) is 18.9 Å². The van der Waals surface area contributed by atoms with Crippen molar-refractivity contribution in [2.45, 2.75) is 44.8 Å². The molecule has 5 nitrogen and oxygen atoms in total. The second-order valence-electron chi connectivity index (χ2n) is 6.23. The highest BCUT2D eigenvalue weighted by molar-refractivity contribution is 5.94. The van der Waals surface area contributed by atoms with Crippen LogP contribution in [-0.2, 0) is 9.53 Å². The predicted molar refractivity (Wildman–Crippen MR) is 90.4 cm³/mol. The van der Waals surface area contributed by atoms with Crippen molar-refractivity contribution in [2.24, 2.45) is 0 Å². The Labute approximate surface area is 151 Å². The molecule has 0 aromatic heterocycles.